The Balaban J connectivity index is 2.82. The molecule has 0 N–H and O–H groups in total. The molecular formula is C16H21NO2. The number of carbonyl (C=O) groups excluding carboxylic acids is 1. The van der Waals surface area contributed by atoms with Gasteiger partial charge in [0.25, 0.3) is 0 Å². The summed E-state index contributed by atoms with van der Waals surface area (Å²) in [7, 11) is 1.40. The molecule has 1 unspecified atom stereocenters. The third-order valence-corrected chi connectivity index (χ3v) is 3.01. The van der Waals surface area contributed by atoms with Gasteiger partial charge in [0.1, 0.15) is 6.04 Å². The van der Waals surface area contributed by atoms with Crippen LogP contribution in [-0.2, 0) is 16.1 Å². The van der Waals surface area contributed by atoms with E-state index in [1.165, 1.54) is 7.11 Å². The third-order valence-electron chi connectivity index (χ3n) is 3.01. The number of benzene rings is 1. The zero-order valence-electron chi connectivity index (χ0n) is 11.6. The zero-order chi connectivity index (χ0) is 14.3. The summed E-state index contributed by atoms with van der Waals surface area (Å²) in [5.74, 6) is -0.243. The number of nitrogens with zero attached hydrogens (tertiary/aromatic N) is 1. The second-order valence-corrected chi connectivity index (χ2v) is 4.45. The van der Waals surface area contributed by atoms with Crippen LogP contribution in [0, 0.1) is 0 Å². The Morgan fingerprint density at radius 3 is 2.58 bits per heavy atom. The van der Waals surface area contributed by atoms with Crippen molar-refractivity contribution in [2.24, 2.45) is 0 Å². The minimum absolute atomic E-state index is 0.243. The molecule has 0 bridgehead atoms. The second-order valence-electron chi connectivity index (χ2n) is 4.45. The molecule has 0 aliphatic carbocycles. The molecule has 0 aliphatic heterocycles. The number of hydrogen-bond acceptors (Lipinski definition) is 3. The molecule has 3 nitrogen and oxygen atoms in total. The third kappa shape index (κ3) is 4.72. The van der Waals surface area contributed by atoms with Crippen LogP contribution >= 0.6 is 0 Å². The Labute approximate surface area is 115 Å². The Morgan fingerprint density at radius 1 is 1.42 bits per heavy atom. The molecule has 102 valence electrons. The lowest BCUT2D eigenvalue weighted by molar-refractivity contribution is -0.146. The second kappa shape index (κ2) is 7.54. The van der Waals surface area contributed by atoms with Crippen molar-refractivity contribution >= 4 is 5.97 Å². The maximum atomic E-state index is 11.7. The Morgan fingerprint density at radius 2 is 2.05 bits per heavy atom. The van der Waals surface area contributed by atoms with Crippen molar-refractivity contribution in [1.29, 1.82) is 0 Å². The fraction of sp³-hybridized carbons (Fsp3) is 0.312. The van der Waals surface area contributed by atoms with Crippen LogP contribution in [0.15, 0.2) is 55.1 Å². The largest absolute Gasteiger partial charge is 0.468 e. The quantitative estimate of drug-likeness (QED) is 0.557. The van der Waals surface area contributed by atoms with E-state index in [0.29, 0.717) is 13.1 Å². The van der Waals surface area contributed by atoms with Gasteiger partial charge in [-0.2, -0.15) is 0 Å². The molecule has 0 spiro atoms. The van der Waals surface area contributed by atoms with Gasteiger partial charge in [-0.05, 0) is 18.1 Å². The Kier molecular flexibility index (Phi) is 6.03. The summed E-state index contributed by atoms with van der Waals surface area (Å²) < 4.78 is 4.81. The van der Waals surface area contributed by atoms with Gasteiger partial charge in [-0.15, -0.1) is 0 Å². The monoisotopic (exact) mass is 259 g/mol. The van der Waals surface area contributed by atoms with Gasteiger partial charge in [-0.3, -0.25) is 9.69 Å². The van der Waals surface area contributed by atoms with E-state index < -0.39 is 0 Å². The maximum absolute atomic E-state index is 11.7. The number of rotatable bonds is 7. The van der Waals surface area contributed by atoms with Crippen molar-refractivity contribution in [3.8, 4) is 0 Å². The van der Waals surface area contributed by atoms with E-state index in [2.05, 4.69) is 13.2 Å². The van der Waals surface area contributed by atoms with E-state index in [9.17, 15) is 4.79 Å². The van der Waals surface area contributed by atoms with E-state index in [0.717, 1.165) is 11.1 Å². The van der Waals surface area contributed by atoms with Gasteiger partial charge in [-0.1, -0.05) is 49.6 Å². The summed E-state index contributed by atoms with van der Waals surface area (Å²) in [5, 5.41) is 0. The lowest BCUT2D eigenvalue weighted by Crippen LogP contribution is -2.40. The van der Waals surface area contributed by atoms with E-state index in [4.69, 9.17) is 4.74 Å². The minimum Gasteiger partial charge on any atom is -0.468 e. The molecule has 3 heteroatoms. The normalized spacial score (nSPS) is 11.9. The van der Waals surface area contributed by atoms with Crippen LogP contribution < -0.4 is 0 Å². The maximum Gasteiger partial charge on any atom is 0.322 e. The van der Waals surface area contributed by atoms with Crippen molar-refractivity contribution < 1.29 is 9.53 Å². The van der Waals surface area contributed by atoms with E-state index in [-0.39, 0.29) is 12.0 Å². The highest BCUT2D eigenvalue weighted by Gasteiger charge is 2.22. The first-order valence-electron chi connectivity index (χ1n) is 6.24. The Hall–Kier alpha value is -1.87. The number of carbonyl (C=O) groups is 1. The van der Waals surface area contributed by atoms with E-state index in [1.54, 1.807) is 6.08 Å². The highest BCUT2D eigenvalue weighted by molar-refractivity contribution is 5.75. The summed E-state index contributed by atoms with van der Waals surface area (Å²) in [6.07, 6.45) is 1.71. The highest BCUT2D eigenvalue weighted by atomic mass is 16.5. The standard InChI is InChI=1S/C16H21NO2/c1-5-13(2)11-17(14(3)16(18)19-4)12-15-9-7-6-8-10-15/h5-10,14H,1-2,11-12H2,3-4H3. The first-order valence-corrected chi connectivity index (χ1v) is 6.24. The molecule has 1 rings (SSSR count). The predicted octanol–water partition coefficient (Wildman–Crippen LogP) is 2.79. The molecule has 1 aromatic rings. The summed E-state index contributed by atoms with van der Waals surface area (Å²) in [5.41, 5.74) is 2.03. The fourth-order valence-corrected chi connectivity index (χ4v) is 1.79. The van der Waals surface area contributed by atoms with Crippen LogP contribution in [0.1, 0.15) is 12.5 Å². The van der Waals surface area contributed by atoms with Gasteiger partial charge >= 0.3 is 5.97 Å². The van der Waals surface area contributed by atoms with Gasteiger partial charge in [0, 0.05) is 13.1 Å². The molecule has 0 amide bonds. The van der Waals surface area contributed by atoms with Crippen molar-refractivity contribution in [3.05, 3.63) is 60.7 Å². The summed E-state index contributed by atoms with van der Waals surface area (Å²) in [6.45, 7) is 10.7. The topological polar surface area (TPSA) is 29.5 Å². The van der Waals surface area contributed by atoms with Crippen molar-refractivity contribution in [1.82, 2.24) is 4.90 Å². The number of hydrogen-bond donors (Lipinski definition) is 0. The molecule has 0 saturated carbocycles. The molecule has 1 aromatic carbocycles. The summed E-state index contributed by atoms with van der Waals surface area (Å²) in [4.78, 5) is 13.7. The molecule has 0 fully saturated rings. The molecule has 19 heavy (non-hydrogen) atoms. The minimum atomic E-state index is -0.318. The zero-order valence-corrected chi connectivity index (χ0v) is 11.6. The lowest BCUT2D eigenvalue weighted by atomic mass is 10.1. The summed E-state index contributed by atoms with van der Waals surface area (Å²) >= 11 is 0. The smallest absolute Gasteiger partial charge is 0.322 e. The summed E-state index contributed by atoms with van der Waals surface area (Å²) in [6, 6.07) is 9.70. The van der Waals surface area contributed by atoms with Crippen molar-refractivity contribution in [2.45, 2.75) is 19.5 Å². The first kappa shape index (κ1) is 15.2. The van der Waals surface area contributed by atoms with Crippen LogP contribution in [0.5, 0.6) is 0 Å². The van der Waals surface area contributed by atoms with Crippen molar-refractivity contribution in [2.75, 3.05) is 13.7 Å². The average molecular weight is 259 g/mol. The number of ether oxygens (including phenoxy) is 1. The van der Waals surface area contributed by atoms with Crippen LogP contribution in [0.2, 0.25) is 0 Å². The van der Waals surface area contributed by atoms with Crippen LogP contribution in [-0.4, -0.2) is 30.6 Å². The average Bonchev–Trinajstić information content (AvgIpc) is 2.45. The lowest BCUT2D eigenvalue weighted by Gasteiger charge is -2.27. The van der Waals surface area contributed by atoms with Crippen LogP contribution in [0.4, 0.5) is 0 Å². The van der Waals surface area contributed by atoms with Gasteiger partial charge < -0.3 is 4.74 Å². The number of methoxy groups -OCH3 is 1. The number of esters is 1. The van der Waals surface area contributed by atoms with Gasteiger partial charge in [0.2, 0.25) is 0 Å². The van der Waals surface area contributed by atoms with Crippen LogP contribution in [0.25, 0.3) is 0 Å². The molecular weight excluding hydrogens is 238 g/mol. The molecule has 0 aliphatic rings. The Bertz CT molecular complexity index is 439. The SMILES string of the molecule is C=CC(=C)CN(Cc1ccccc1)C(C)C(=O)OC. The molecule has 1 atom stereocenters. The van der Waals surface area contributed by atoms with Gasteiger partial charge in [-0.25, -0.2) is 0 Å². The van der Waals surface area contributed by atoms with Gasteiger partial charge in [0.05, 0.1) is 7.11 Å². The van der Waals surface area contributed by atoms with Gasteiger partial charge in [0.15, 0.2) is 0 Å². The highest BCUT2D eigenvalue weighted by Crippen LogP contribution is 2.11. The van der Waals surface area contributed by atoms with Crippen LogP contribution in [0.3, 0.4) is 0 Å². The molecule has 0 aromatic heterocycles. The first-order chi connectivity index (χ1) is 9.08. The van der Waals surface area contributed by atoms with E-state index in [1.807, 2.05) is 42.2 Å². The fourth-order valence-electron chi connectivity index (χ4n) is 1.79. The van der Waals surface area contributed by atoms with Crippen molar-refractivity contribution in [3.63, 3.8) is 0 Å². The molecule has 0 saturated heterocycles. The molecule has 0 heterocycles. The van der Waals surface area contributed by atoms with E-state index >= 15 is 0 Å². The molecule has 0 radical (unpaired) electrons. The predicted molar refractivity (Wildman–Crippen MR) is 77.7 cm³/mol.